The van der Waals surface area contributed by atoms with Crippen LogP contribution in [0.2, 0.25) is 0 Å². The molecule has 33 heavy (non-hydrogen) atoms. The highest BCUT2D eigenvalue weighted by Gasteiger charge is 2.37. The van der Waals surface area contributed by atoms with Crippen molar-refractivity contribution in [3.63, 3.8) is 0 Å². The standard InChI is InChI=1S/C23H24F3N3O4/c1-31-16-4-2-5-17(12-16)32-14-18-8-9-20(33-18)22(30)27-10-3-11-29-19(15-6-7-15)13-21(28-29)23(24,25)26/h2,4-5,8-9,12-13,15H,3,6-7,10-11,14H2,1H3,(H,27,30). The van der Waals surface area contributed by atoms with Crippen LogP contribution in [0.15, 0.2) is 46.9 Å². The number of aromatic nitrogens is 2. The Hall–Kier alpha value is -3.43. The van der Waals surface area contributed by atoms with Crippen LogP contribution in [0.1, 0.15) is 52.9 Å². The highest BCUT2D eigenvalue weighted by Crippen LogP contribution is 2.42. The average molecular weight is 463 g/mol. The summed E-state index contributed by atoms with van der Waals surface area (Å²) in [5.74, 6) is 1.63. The molecule has 0 bridgehead atoms. The van der Waals surface area contributed by atoms with Gasteiger partial charge in [-0.15, -0.1) is 0 Å². The van der Waals surface area contributed by atoms with Gasteiger partial charge < -0.3 is 19.2 Å². The van der Waals surface area contributed by atoms with Crippen LogP contribution in [0.3, 0.4) is 0 Å². The fourth-order valence-electron chi connectivity index (χ4n) is 3.40. The Morgan fingerprint density at radius 3 is 2.73 bits per heavy atom. The molecule has 2 aromatic heterocycles. The minimum Gasteiger partial charge on any atom is -0.497 e. The van der Waals surface area contributed by atoms with Gasteiger partial charge in [0.1, 0.15) is 23.9 Å². The molecule has 7 nitrogen and oxygen atoms in total. The number of hydrogen-bond donors (Lipinski definition) is 1. The number of hydrogen-bond acceptors (Lipinski definition) is 5. The minimum absolute atomic E-state index is 0.136. The van der Waals surface area contributed by atoms with Gasteiger partial charge in [-0.1, -0.05) is 6.07 Å². The number of benzene rings is 1. The van der Waals surface area contributed by atoms with E-state index in [1.807, 2.05) is 0 Å². The molecule has 4 rings (SSSR count). The van der Waals surface area contributed by atoms with E-state index in [1.165, 1.54) is 4.68 Å². The van der Waals surface area contributed by atoms with Crippen molar-refractivity contribution in [3.05, 3.63) is 65.4 Å². The predicted octanol–water partition coefficient (Wildman–Crippen LogP) is 4.78. The van der Waals surface area contributed by atoms with Crippen molar-refractivity contribution in [2.75, 3.05) is 13.7 Å². The Bertz CT molecular complexity index is 1100. The summed E-state index contributed by atoms with van der Waals surface area (Å²) in [6.07, 6.45) is -2.27. The number of carbonyl (C=O) groups is 1. The minimum atomic E-state index is -4.46. The number of nitrogens with zero attached hydrogens (tertiary/aromatic N) is 2. The second-order valence-corrected chi connectivity index (χ2v) is 7.79. The van der Waals surface area contributed by atoms with E-state index < -0.39 is 17.8 Å². The maximum absolute atomic E-state index is 13.0. The second kappa shape index (κ2) is 9.60. The van der Waals surface area contributed by atoms with Gasteiger partial charge in [0.2, 0.25) is 0 Å². The summed E-state index contributed by atoms with van der Waals surface area (Å²) >= 11 is 0. The topological polar surface area (TPSA) is 78.5 Å². The van der Waals surface area contributed by atoms with Gasteiger partial charge in [-0.25, -0.2) is 0 Å². The molecule has 0 unspecified atom stereocenters. The second-order valence-electron chi connectivity index (χ2n) is 7.79. The predicted molar refractivity (Wildman–Crippen MR) is 112 cm³/mol. The van der Waals surface area contributed by atoms with Crippen molar-refractivity contribution in [2.24, 2.45) is 0 Å². The summed E-state index contributed by atoms with van der Waals surface area (Å²) in [4.78, 5) is 12.3. The van der Waals surface area contributed by atoms with Crippen molar-refractivity contribution in [3.8, 4) is 11.5 Å². The first-order valence-electron chi connectivity index (χ1n) is 10.6. The van der Waals surface area contributed by atoms with Crippen LogP contribution in [0.4, 0.5) is 13.2 Å². The maximum atomic E-state index is 13.0. The third-order valence-electron chi connectivity index (χ3n) is 5.24. The lowest BCUT2D eigenvalue weighted by molar-refractivity contribution is -0.141. The monoisotopic (exact) mass is 463 g/mol. The van der Waals surface area contributed by atoms with E-state index in [2.05, 4.69) is 10.4 Å². The molecule has 10 heteroatoms. The van der Waals surface area contributed by atoms with Gasteiger partial charge in [0, 0.05) is 30.8 Å². The number of halogens is 3. The number of amides is 1. The number of nitrogens with one attached hydrogen (secondary N) is 1. The molecular formula is C23H24F3N3O4. The summed E-state index contributed by atoms with van der Waals surface area (Å²) in [5.41, 5.74) is -0.256. The molecule has 176 valence electrons. The summed E-state index contributed by atoms with van der Waals surface area (Å²) < 4.78 is 56.7. The lowest BCUT2D eigenvalue weighted by Gasteiger charge is -2.08. The Morgan fingerprint density at radius 1 is 1.21 bits per heavy atom. The van der Waals surface area contributed by atoms with Crippen LogP contribution in [-0.4, -0.2) is 29.3 Å². The number of alkyl halides is 3. The molecule has 3 aromatic rings. The number of ether oxygens (including phenoxy) is 2. The fraction of sp³-hybridized carbons (Fsp3) is 0.391. The van der Waals surface area contributed by atoms with Crippen molar-refractivity contribution in [1.29, 1.82) is 0 Å². The first-order chi connectivity index (χ1) is 15.8. The zero-order valence-electron chi connectivity index (χ0n) is 18.0. The SMILES string of the molecule is COc1cccc(OCc2ccc(C(=O)NCCCn3nc(C(F)(F)F)cc3C3CC3)o2)c1. The van der Waals surface area contributed by atoms with Gasteiger partial charge in [-0.05, 0) is 49.6 Å². The largest absolute Gasteiger partial charge is 0.497 e. The summed E-state index contributed by atoms with van der Waals surface area (Å²) in [6, 6.07) is 11.5. The first kappa shape index (κ1) is 22.8. The zero-order chi connectivity index (χ0) is 23.4. The number of rotatable bonds is 10. The third-order valence-corrected chi connectivity index (χ3v) is 5.24. The van der Waals surface area contributed by atoms with Crippen LogP contribution >= 0.6 is 0 Å². The molecule has 0 aliphatic heterocycles. The molecule has 0 radical (unpaired) electrons. The molecule has 0 spiro atoms. The van der Waals surface area contributed by atoms with E-state index in [1.54, 1.807) is 43.5 Å². The molecule has 1 amide bonds. The number of carbonyl (C=O) groups excluding carboxylic acids is 1. The Balaban J connectivity index is 1.24. The Morgan fingerprint density at radius 2 is 2.00 bits per heavy atom. The van der Waals surface area contributed by atoms with E-state index >= 15 is 0 Å². The van der Waals surface area contributed by atoms with Crippen LogP contribution in [-0.2, 0) is 19.3 Å². The quantitative estimate of drug-likeness (QED) is 0.438. The Labute approximate surface area is 188 Å². The van der Waals surface area contributed by atoms with Crippen LogP contribution in [0, 0.1) is 0 Å². The number of methoxy groups -OCH3 is 1. The van der Waals surface area contributed by atoms with E-state index in [0.717, 1.165) is 18.9 Å². The average Bonchev–Trinajstić information content (AvgIpc) is 3.36. The summed E-state index contributed by atoms with van der Waals surface area (Å²) in [5, 5.41) is 6.44. The van der Waals surface area contributed by atoms with Crippen molar-refractivity contribution < 1.29 is 31.9 Å². The molecule has 2 heterocycles. The van der Waals surface area contributed by atoms with Crippen LogP contribution in [0.25, 0.3) is 0 Å². The third kappa shape index (κ3) is 5.88. The van der Waals surface area contributed by atoms with Crippen LogP contribution < -0.4 is 14.8 Å². The van der Waals surface area contributed by atoms with Gasteiger partial charge in [0.25, 0.3) is 5.91 Å². The smallest absolute Gasteiger partial charge is 0.435 e. The van der Waals surface area contributed by atoms with E-state index in [4.69, 9.17) is 13.9 Å². The highest BCUT2D eigenvalue weighted by molar-refractivity contribution is 5.91. The lowest BCUT2D eigenvalue weighted by Crippen LogP contribution is -2.25. The van der Waals surface area contributed by atoms with Gasteiger partial charge in [0.05, 0.1) is 7.11 Å². The van der Waals surface area contributed by atoms with E-state index in [-0.39, 0.29) is 24.8 Å². The van der Waals surface area contributed by atoms with Gasteiger partial charge in [-0.3, -0.25) is 9.48 Å². The van der Waals surface area contributed by atoms with Crippen LogP contribution in [0.5, 0.6) is 11.5 Å². The number of furan rings is 1. The molecule has 0 atom stereocenters. The maximum Gasteiger partial charge on any atom is 0.435 e. The van der Waals surface area contributed by atoms with Gasteiger partial charge in [-0.2, -0.15) is 18.3 Å². The summed E-state index contributed by atoms with van der Waals surface area (Å²) in [6.45, 7) is 0.714. The van der Waals surface area contributed by atoms with E-state index in [0.29, 0.717) is 35.9 Å². The Kier molecular flexibility index (Phi) is 6.62. The number of aryl methyl sites for hydroxylation is 1. The molecule has 1 aliphatic carbocycles. The molecule has 1 saturated carbocycles. The van der Waals surface area contributed by atoms with E-state index in [9.17, 15) is 18.0 Å². The summed E-state index contributed by atoms with van der Waals surface area (Å²) in [7, 11) is 1.57. The molecular weight excluding hydrogens is 439 g/mol. The van der Waals surface area contributed by atoms with Crippen molar-refractivity contribution in [1.82, 2.24) is 15.1 Å². The fourth-order valence-corrected chi connectivity index (χ4v) is 3.40. The van der Waals surface area contributed by atoms with Gasteiger partial charge in [0.15, 0.2) is 11.5 Å². The molecule has 1 N–H and O–H groups in total. The molecule has 1 aromatic carbocycles. The molecule has 1 aliphatic rings. The van der Waals surface area contributed by atoms with Crippen molar-refractivity contribution in [2.45, 2.75) is 44.5 Å². The zero-order valence-corrected chi connectivity index (χ0v) is 18.0. The first-order valence-corrected chi connectivity index (χ1v) is 10.6. The van der Waals surface area contributed by atoms with Gasteiger partial charge >= 0.3 is 6.18 Å². The molecule has 0 saturated heterocycles. The highest BCUT2D eigenvalue weighted by atomic mass is 19.4. The lowest BCUT2D eigenvalue weighted by atomic mass is 10.2. The van der Waals surface area contributed by atoms with Crippen molar-refractivity contribution >= 4 is 5.91 Å². The normalized spacial score (nSPS) is 13.7. The molecule has 1 fully saturated rings.